The van der Waals surface area contributed by atoms with Gasteiger partial charge in [-0.2, -0.15) is 0 Å². The maximum Gasteiger partial charge on any atom is 0.317 e. The molecule has 1 aromatic rings. The second-order valence-corrected chi connectivity index (χ2v) is 7.95. The molecule has 1 aromatic carbocycles. The van der Waals surface area contributed by atoms with Crippen molar-refractivity contribution in [2.45, 2.75) is 18.6 Å². The number of benzene rings is 1. The van der Waals surface area contributed by atoms with Gasteiger partial charge in [-0.1, -0.05) is 42.5 Å². The van der Waals surface area contributed by atoms with Crippen molar-refractivity contribution in [3.8, 4) is 0 Å². The van der Waals surface area contributed by atoms with Crippen LogP contribution in [-0.2, 0) is 16.6 Å². The molecule has 1 heterocycles. The molecular weight excluding hydrogens is 308 g/mol. The third kappa shape index (κ3) is 4.44. The quantitative estimate of drug-likeness (QED) is 0.843. The van der Waals surface area contributed by atoms with Crippen molar-refractivity contribution < 1.29 is 9.00 Å². The van der Waals surface area contributed by atoms with Gasteiger partial charge in [0.05, 0.1) is 0 Å². The highest BCUT2D eigenvalue weighted by molar-refractivity contribution is 7.84. The summed E-state index contributed by atoms with van der Waals surface area (Å²) in [6, 6.07) is 9.82. The number of likely N-dealkylation sites (tertiary alicyclic amines) is 1. The fourth-order valence-electron chi connectivity index (χ4n) is 3.40. The Balaban J connectivity index is 1.37. The second kappa shape index (κ2) is 7.77. The van der Waals surface area contributed by atoms with Gasteiger partial charge in [0.2, 0.25) is 0 Å². The molecule has 3 atom stereocenters. The number of hydrogen-bond donors (Lipinski definition) is 1. The predicted molar refractivity (Wildman–Crippen MR) is 93.5 cm³/mol. The monoisotopic (exact) mass is 332 g/mol. The Morgan fingerprint density at radius 3 is 2.43 bits per heavy atom. The SMILES string of the molecule is O=C(NCCS(=O)Cc1ccccc1)N1CC2CC=CCC2C1. The van der Waals surface area contributed by atoms with Crippen molar-refractivity contribution in [3.63, 3.8) is 0 Å². The van der Waals surface area contributed by atoms with Crippen LogP contribution >= 0.6 is 0 Å². The minimum absolute atomic E-state index is 0.00360. The molecule has 0 radical (unpaired) electrons. The number of amides is 2. The van der Waals surface area contributed by atoms with E-state index in [9.17, 15) is 9.00 Å². The van der Waals surface area contributed by atoms with Crippen molar-refractivity contribution in [1.82, 2.24) is 10.2 Å². The first-order valence-corrected chi connectivity index (χ1v) is 9.78. The van der Waals surface area contributed by atoms with Crippen LogP contribution in [0.25, 0.3) is 0 Å². The Morgan fingerprint density at radius 2 is 1.78 bits per heavy atom. The largest absolute Gasteiger partial charge is 0.337 e. The molecule has 124 valence electrons. The molecule has 0 spiro atoms. The Bertz CT molecular complexity index is 572. The van der Waals surface area contributed by atoms with E-state index in [4.69, 9.17) is 0 Å². The highest BCUT2D eigenvalue weighted by Crippen LogP contribution is 2.32. The zero-order chi connectivity index (χ0) is 16.1. The molecule has 1 saturated heterocycles. The van der Waals surface area contributed by atoms with Crippen LogP contribution in [0.3, 0.4) is 0 Å². The predicted octanol–water partition coefficient (Wildman–Crippen LogP) is 2.54. The molecule has 23 heavy (non-hydrogen) atoms. The molecule has 2 aliphatic rings. The molecule has 1 aliphatic heterocycles. The van der Waals surface area contributed by atoms with Gasteiger partial charge < -0.3 is 10.2 Å². The zero-order valence-electron chi connectivity index (χ0n) is 13.3. The first-order valence-electron chi connectivity index (χ1n) is 8.29. The van der Waals surface area contributed by atoms with Gasteiger partial charge in [0, 0.05) is 41.9 Å². The van der Waals surface area contributed by atoms with Crippen LogP contribution in [0.1, 0.15) is 18.4 Å². The minimum atomic E-state index is -0.939. The Morgan fingerprint density at radius 1 is 1.13 bits per heavy atom. The van der Waals surface area contributed by atoms with E-state index >= 15 is 0 Å². The van der Waals surface area contributed by atoms with Crippen molar-refractivity contribution in [2.24, 2.45) is 11.8 Å². The van der Waals surface area contributed by atoms with E-state index in [2.05, 4.69) is 17.5 Å². The van der Waals surface area contributed by atoms with Crippen molar-refractivity contribution in [3.05, 3.63) is 48.0 Å². The molecule has 1 N–H and O–H groups in total. The Labute approximate surface area is 140 Å². The molecule has 2 amide bonds. The summed E-state index contributed by atoms with van der Waals surface area (Å²) < 4.78 is 12.1. The van der Waals surface area contributed by atoms with E-state index in [1.807, 2.05) is 35.2 Å². The molecule has 0 bridgehead atoms. The number of urea groups is 1. The number of nitrogens with zero attached hydrogens (tertiary/aromatic N) is 1. The number of carbonyl (C=O) groups excluding carboxylic acids is 1. The van der Waals surface area contributed by atoms with Crippen molar-refractivity contribution in [2.75, 3.05) is 25.4 Å². The van der Waals surface area contributed by atoms with Crippen LogP contribution in [0.15, 0.2) is 42.5 Å². The summed E-state index contributed by atoms with van der Waals surface area (Å²) >= 11 is 0. The Kier molecular flexibility index (Phi) is 5.49. The molecule has 5 heteroatoms. The zero-order valence-corrected chi connectivity index (χ0v) is 14.1. The highest BCUT2D eigenvalue weighted by atomic mass is 32.2. The number of fused-ring (bicyclic) bond motifs is 1. The minimum Gasteiger partial charge on any atom is -0.337 e. The van der Waals surface area contributed by atoms with Gasteiger partial charge in [-0.15, -0.1) is 0 Å². The van der Waals surface area contributed by atoms with E-state index in [1.54, 1.807) is 0 Å². The lowest BCUT2D eigenvalue weighted by Crippen LogP contribution is -2.40. The van der Waals surface area contributed by atoms with E-state index in [0.717, 1.165) is 31.5 Å². The van der Waals surface area contributed by atoms with E-state index in [-0.39, 0.29) is 6.03 Å². The number of rotatable bonds is 5. The van der Waals surface area contributed by atoms with Gasteiger partial charge in [0.15, 0.2) is 0 Å². The van der Waals surface area contributed by atoms with E-state index in [1.165, 1.54) is 0 Å². The lowest BCUT2D eigenvalue weighted by molar-refractivity contribution is 0.207. The molecule has 0 saturated carbocycles. The molecule has 4 nitrogen and oxygen atoms in total. The number of hydrogen-bond acceptors (Lipinski definition) is 2. The van der Waals surface area contributed by atoms with Crippen LogP contribution in [0, 0.1) is 11.8 Å². The van der Waals surface area contributed by atoms with Gasteiger partial charge in [-0.3, -0.25) is 4.21 Å². The summed E-state index contributed by atoms with van der Waals surface area (Å²) in [4.78, 5) is 14.1. The molecule has 0 aromatic heterocycles. The summed E-state index contributed by atoms with van der Waals surface area (Å²) in [5, 5.41) is 2.92. The van der Waals surface area contributed by atoms with Crippen LogP contribution in [0.5, 0.6) is 0 Å². The van der Waals surface area contributed by atoms with E-state index < -0.39 is 10.8 Å². The Hall–Kier alpha value is -1.62. The summed E-state index contributed by atoms with van der Waals surface area (Å²) in [6.45, 7) is 2.18. The fraction of sp³-hybridized carbons (Fsp3) is 0.500. The van der Waals surface area contributed by atoms with Crippen LogP contribution in [-0.4, -0.2) is 40.5 Å². The van der Waals surface area contributed by atoms with Crippen LogP contribution in [0.2, 0.25) is 0 Å². The topological polar surface area (TPSA) is 49.4 Å². The average Bonchev–Trinajstić information content (AvgIpc) is 3.00. The molecular formula is C18H24N2O2S. The normalized spacial score (nSPS) is 24.3. The highest BCUT2D eigenvalue weighted by Gasteiger charge is 2.34. The fourth-order valence-corrected chi connectivity index (χ4v) is 4.43. The van der Waals surface area contributed by atoms with E-state index in [0.29, 0.717) is 29.9 Å². The van der Waals surface area contributed by atoms with Crippen molar-refractivity contribution in [1.29, 1.82) is 0 Å². The summed E-state index contributed by atoms with van der Waals surface area (Å²) in [7, 11) is -0.939. The standard InChI is InChI=1S/C18H24N2O2S/c21-18(20-12-16-8-4-5-9-17(16)13-20)19-10-11-23(22)14-15-6-2-1-3-7-15/h1-7,16-17H,8-14H2,(H,19,21). The lowest BCUT2D eigenvalue weighted by atomic mass is 9.86. The maximum absolute atomic E-state index is 12.2. The number of nitrogens with one attached hydrogen (secondary N) is 1. The molecule has 1 fully saturated rings. The average molecular weight is 332 g/mol. The van der Waals surface area contributed by atoms with Gasteiger partial charge in [-0.05, 0) is 30.2 Å². The van der Waals surface area contributed by atoms with Gasteiger partial charge in [-0.25, -0.2) is 4.79 Å². The first-order chi connectivity index (χ1) is 11.2. The summed E-state index contributed by atoms with van der Waals surface area (Å²) in [6.07, 6.45) is 6.65. The lowest BCUT2D eigenvalue weighted by Gasteiger charge is -2.17. The van der Waals surface area contributed by atoms with Gasteiger partial charge in [0.1, 0.15) is 0 Å². The summed E-state index contributed by atoms with van der Waals surface area (Å²) in [5.74, 6) is 2.30. The maximum atomic E-state index is 12.2. The van der Waals surface area contributed by atoms with Gasteiger partial charge in [0.25, 0.3) is 0 Å². The number of allylic oxidation sites excluding steroid dienone is 2. The third-order valence-electron chi connectivity index (χ3n) is 4.68. The third-order valence-corrected chi connectivity index (χ3v) is 6.00. The van der Waals surface area contributed by atoms with Crippen LogP contribution in [0.4, 0.5) is 4.79 Å². The molecule has 3 unspecified atom stereocenters. The summed E-state index contributed by atoms with van der Waals surface area (Å²) in [5.41, 5.74) is 1.08. The molecule has 3 rings (SSSR count). The van der Waals surface area contributed by atoms with Gasteiger partial charge >= 0.3 is 6.03 Å². The van der Waals surface area contributed by atoms with Crippen LogP contribution < -0.4 is 5.32 Å². The smallest absolute Gasteiger partial charge is 0.317 e. The second-order valence-electron chi connectivity index (χ2n) is 6.37. The first kappa shape index (κ1) is 16.2. The van der Waals surface area contributed by atoms with Crippen molar-refractivity contribution >= 4 is 16.8 Å². The number of carbonyl (C=O) groups is 1. The molecule has 1 aliphatic carbocycles.